The van der Waals surface area contributed by atoms with Crippen LogP contribution >= 0.6 is 0 Å². The molecule has 98 valence electrons. The standard InChI is InChI=1S/C15H20O3/c1-3-5-6-7-12-18-14-10-8-13(9-11-14)15(16)17-4-2/h3,8-11H,1,4-7,12H2,2H3. The number of hydrogen-bond donors (Lipinski definition) is 0. The highest BCUT2D eigenvalue weighted by Crippen LogP contribution is 2.13. The van der Waals surface area contributed by atoms with E-state index in [0.717, 1.165) is 25.0 Å². The van der Waals surface area contributed by atoms with Crippen molar-refractivity contribution in [3.05, 3.63) is 42.5 Å². The van der Waals surface area contributed by atoms with Gasteiger partial charge in [-0.25, -0.2) is 4.79 Å². The summed E-state index contributed by atoms with van der Waals surface area (Å²) in [7, 11) is 0. The summed E-state index contributed by atoms with van der Waals surface area (Å²) in [4.78, 5) is 11.4. The number of rotatable bonds is 8. The van der Waals surface area contributed by atoms with Gasteiger partial charge in [-0.3, -0.25) is 0 Å². The van der Waals surface area contributed by atoms with Gasteiger partial charge in [-0.05, 0) is 50.5 Å². The van der Waals surface area contributed by atoms with Crippen molar-refractivity contribution in [1.29, 1.82) is 0 Å². The Balaban J connectivity index is 2.36. The van der Waals surface area contributed by atoms with E-state index < -0.39 is 0 Å². The van der Waals surface area contributed by atoms with Crippen molar-refractivity contribution >= 4 is 5.97 Å². The van der Waals surface area contributed by atoms with Gasteiger partial charge in [0.15, 0.2) is 0 Å². The normalized spacial score (nSPS) is 9.83. The molecule has 18 heavy (non-hydrogen) atoms. The number of esters is 1. The summed E-state index contributed by atoms with van der Waals surface area (Å²) in [6, 6.07) is 7.02. The largest absolute Gasteiger partial charge is 0.494 e. The molecule has 0 saturated carbocycles. The van der Waals surface area contributed by atoms with E-state index in [-0.39, 0.29) is 5.97 Å². The monoisotopic (exact) mass is 248 g/mol. The van der Waals surface area contributed by atoms with Gasteiger partial charge in [0.25, 0.3) is 0 Å². The van der Waals surface area contributed by atoms with E-state index in [1.807, 2.05) is 6.08 Å². The smallest absolute Gasteiger partial charge is 0.338 e. The fourth-order valence-electron chi connectivity index (χ4n) is 1.48. The molecule has 1 aromatic rings. The molecule has 0 aliphatic heterocycles. The fourth-order valence-corrected chi connectivity index (χ4v) is 1.48. The molecule has 0 atom stereocenters. The summed E-state index contributed by atoms with van der Waals surface area (Å²) in [6.45, 7) is 6.54. The number of unbranched alkanes of at least 4 members (excludes halogenated alkanes) is 2. The van der Waals surface area contributed by atoms with Crippen LogP contribution in [0.3, 0.4) is 0 Å². The third-order valence-electron chi connectivity index (χ3n) is 2.44. The Bertz CT molecular complexity index is 368. The third kappa shape index (κ3) is 5.04. The molecule has 0 aliphatic carbocycles. The molecular formula is C15H20O3. The molecule has 0 aromatic heterocycles. The molecule has 0 amide bonds. The predicted molar refractivity (Wildman–Crippen MR) is 71.9 cm³/mol. The van der Waals surface area contributed by atoms with E-state index in [4.69, 9.17) is 9.47 Å². The SMILES string of the molecule is C=CCCCCOc1ccc(C(=O)OCC)cc1. The van der Waals surface area contributed by atoms with Crippen LogP contribution in [0.25, 0.3) is 0 Å². The Morgan fingerprint density at radius 3 is 2.61 bits per heavy atom. The minimum absolute atomic E-state index is 0.296. The minimum Gasteiger partial charge on any atom is -0.494 e. The fraction of sp³-hybridized carbons (Fsp3) is 0.400. The molecule has 0 saturated heterocycles. The van der Waals surface area contributed by atoms with Crippen LogP contribution in [0.2, 0.25) is 0 Å². The first kappa shape index (κ1) is 14.3. The quantitative estimate of drug-likeness (QED) is 0.400. The second-order valence-corrected chi connectivity index (χ2v) is 3.88. The molecule has 3 heteroatoms. The first-order valence-electron chi connectivity index (χ1n) is 6.28. The van der Waals surface area contributed by atoms with Gasteiger partial charge in [0.2, 0.25) is 0 Å². The molecule has 1 rings (SSSR count). The molecule has 3 nitrogen and oxygen atoms in total. The van der Waals surface area contributed by atoms with Crippen LogP contribution in [0.15, 0.2) is 36.9 Å². The summed E-state index contributed by atoms with van der Waals surface area (Å²) in [6.07, 6.45) is 5.02. The molecule has 0 heterocycles. The number of allylic oxidation sites excluding steroid dienone is 1. The molecule has 0 unspecified atom stereocenters. The van der Waals surface area contributed by atoms with Crippen molar-refractivity contribution in [3.63, 3.8) is 0 Å². The second-order valence-electron chi connectivity index (χ2n) is 3.88. The highest BCUT2D eigenvalue weighted by molar-refractivity contribution is 5.89. The van der Waals surface area contributed by atoms with Gasteiger partial charge < -0.3 is 9.47 Å². The lowest BCUT2D eigenvalue weighted by atomic mass is 10.2. The minimum atomic E-state index is -0.296. The lowest BCUT2D eigenvalue weighted by Crippen LogP contribution is -2.04. The van der Waals surface area contributed by atoms with Crippen molar-refractivity contribution in [2.45, 2.75) is 26.2 Å². The van der Waals surface area contributed by atoms with E-state index in [9.17, 15) is 4.79 Å². The number of hydrogen-bond acceptors (Lipinski definition) is 3. The van der Waals surface area contributed by atoms with Crippen LogP contribution in [-0.4, -0.2) is 19.2 Å². The summed E-state index contributed by atoms with van der Waals surface area (Å²) >= 11 is 0. The van der Waals surface area contributed by atoms with Crippen molar-refractivity contribution in [1.82, 2.24) is 0 Å². The van der Waals surface area contributed by atoms with Gasteiger partial charge in [-0.2, -0.15) is 0 Å². The Morgan fingerprint density at radius 2 is 2.00 bits per heavy atom. The van der Waals surface area contributed by atoms with Crippen molar-refractivity contribution < 1.29 is 14.3 Å². The number of carbonyl (C=O) groups excluding carboxylic acids is 1. The lowest BCUT2D eigenvalue weighted by Gasteiger charge is -2.06. The summed E-state index contributed by atoms with van der Waals surface area (Å²) in [5.74, 6) is 0.483. The lowest BCUT2D eigenvalue weighted by molar-refractivity contribution is 0.0526. The second kappa shape index (κ2) is 8.34. The third-order valence-corrected chi connectivity index (χ3v) is 2.44. The first-order valence-corrected chi connectivity index (χ1v) is 6.28. The predicted octanol–water partition coefficient (Wildman–Crippen LogP) is 3.60. The molecule has 0 spiro atoms. The number of carbonyl (C=O) groups is 1. The highest BCUT2D eigenvalue weighted by Gasteiger charge is 2.05. The highest BCUT2D eigenvalue weighted by atomic mass is 16.5. The Morgan fingerprint density at radius 1 is 1.28 bits per heavy atom. The van der Waals surface area contributed by atoms with Gasteiger partial charge in [-0.1, -0.05) is 6.08 Å². The molecule has 0 fully saturated rings. The molecule has 0 radical (unpaired) electrons. The van der Waals surface area contributed by atoms with Crippen LogP contribution in [0.1, 0.15) is 36.5 Å². The van der Waals surface area contributed by atoms with E-state index in [0.29, 0.717) is 18.8 Å². The van der Waals surface area contributed by atoms with E-state index in [1.165, 1.54) is 0 Å². The maximum atomic E-state index is 11.4. The topological polar surface area (TPSA) is 35.5 Å². The maximum absolute atomic E-state index is 11.4. The van der Waals surface area contributed by atoms with Gasteiger partial charge >= 0.3 is 5.97 Å². The van der Waals surface area contributed by atoms with Gasteiger partial charge in [-0.15, -0.1) is 6.58 Å². The summed E-state index contributed by atoms with van der Waals surface area (Å²) in [5.41, 5.74) is 0.552. The Hall–Kier alpha value is -1.77. The van der Waals surface area contributed by atoms with Crippen LogP contribution in [0, 0.1) is 0 Å². The zero-order valence-corrected chi connectivity index (χ0v) is 10.9. The molecule has 0 N–H and O–H groups in total. The van der Waals surface area contributed by atoms with E-state index in [2.05, 4.69) is 6.58 Å². The Kier molecular flexibility index (Phi) is 6.62. The van der Waals surface area contributed by atoms with Crippen molar-refractivity contribution in [2.75, 3.05) is 13.2 Å². The van der Waals surface area contributed by atoms with Crippen LogP contribution in [-0.2, 0) is 4.74 Å². The molecule has 0 bridgehead atoms. The van der Waals surface area contributed by atoms with Crippen molar-refractivity contribution in [2.24, 2.45) is 0 Å². The van der Waals surface area contributed by atoms with Gasteiger partial charge in [0, 0.05) is 0 Å². The van der Waals surface area contributed by atoms with E-state index in [1.54, 1.807) is 31.2 Å². The van der Waals surface area contributed by atoms with E-state index >= 15 is 0 Å². The maximum Gasteiger partial charge on any atom is 0.338 e. The van der Waals surface area contributed by atoms with Crippen molar-refractivity contribution in [3.8, 4) is 5.75 Å². The van der Waals surface area contributed by atoms with Gasteiger partial charge in [0.1, 0.15) is 5.75 Å². The first-order chi connectivity index (χ1) is 8.77. The Labute approximate surface area is 108 Å². The summed E-state index contributed by atoms with van der Waals surface area (Å²) in [5, 5.41) is 0. The van der Waals surface area contributed by atoms with Crippen LogP contribution in [0.5, 0.6) is 5.75 Å². The molecule has 0 aliphatic rings. The molecule has 1 aromatic carbocycles. The van der Waals surface area contributed by atoms with Crippen LogP contribution in [0.4, 0.5) is 0 Å². The van der Waals surface area contributed by atoms with Crippen LogP contribution < -0.4 is 4.74 Å². The number of benzene rings is 1. The zero-order valence-electron chi connectivity index (χ0n) is 10.9. The number of ether oxygens (including phenoxy) is 2. The molecular weight excluding hydrogens is 228 g/mol. The average Bonchev–Trinajstić information content (AvgIpc) is 2.39. The summed E-state index contributed by atoms with van der Waals surface area (Å²) < 4.78 is 10.5. The average molecular weight is 248 g/mol. The van der Waals surface area contributed by atoms with Gasteiger partial charge in [0.05, 0.1) is 18.8 Å². The zero-order chi connectivity index (χ0) is 13.2.